The molecule has 1 N–H and O–H groups in total. The fraction of sp³-hybridized carbons (Fsp3) is 0.706. The molecule has 4 bridgehead atoms. The highest BCUT2D eigenvalue weighted by Gasteiger charge is 2.53. The van der Waals surface area contributed by atoms with Gasteiger partial charge in [-0.3, -0.25) is 0 Å². The Labute approximate surface area is 126 Å². The number of nitrogens with zero attached hydrogens (tertiary/aromatic N) is 3. The van der Waals surface area contributed by atoms with Gasteiger partial charge in [0.15, 0.2) is 5.82 Å². The Balaban J connectivity index is 1.58. The minimum Gasteiger partial charge on any atom is -0.364 e. The molecule has 0 radical (unpaired) electrons. The van der Waals surface area contributed by atoms with Gasteiger partial charge in [0.1, 0.15) is 6.07 Å². The maximum atomic E-state index is 9.21. The van der Waals surface area contributed by atoms with Gasteiger partial charge in [-0.1, -0.05) is 0 Å². The zero-order chi connectivity index (χ0) is 14.4. The van der Waals surface area contributed by atoms with E-state index in [-0.39, 0.29) is 0 Å². The van der Waals surface area contributed by atoms with Crippen molar-refractivity contribution in [2.24, 2.45) is 23.2 Å². The summed E-state index contributed by atoms with van der Waals surface area (Å²) in [5, 5.41) is 20.8. The Morgan fingerprint density at radius 3 is 2.43 bits per heavy atom. The number of anilines is 1. The first-order chi connectivity index (χ1) is 10.2. The molecule has 0 aromatic carbocycles. The van der Waals surface area contributed by atoms with Crippen molar-refractivity contribution in [1.29, 1.82) is 5.26 Å². The predicted molar refractivity (Wildman–Crippen MR) is 80.4 cm³/mol. The Hall–Kier alpha value is -1.63. The monoisotopic (exact) mass is 282 g/mol. The van der Waals surface area contributed by atoms with Gasteiger partial charge >= 0.3 is 0 Å². The van der Waals surface area contributed by atoms with Crippen LogP contribution in [-0.4, -0.2) is 16.2 Å². The first-order valence-corrected chi connectivity index (χ1v) is 8.17. The molecule has 21 heavy (non-hydrogen) atoms. The van der Waals surface area contributed by atoms with Crippen LogP contribution in [0.5, 0.6) is 0 Å². The van der Waals surface area contributed by atoms with Gasteiger partial charge in [-0.2, -0.15) is 10.4 Å². The smallest absolute Gasteiger partial charge is 0.166 e. The summed E-state index contributed by atoms with van der Waals surface area (Å²) in [5.41, 5.74) is 1.01. The van der Waals surface area contributed by atoms with Gasteiger partial charge in [-0.25, -0.2) is 0 Å². The molecule has 1 aromatic rings. The molecular weight excluding hydrogens is 260 g/mol. The molecule has 1 aromatic heterocycles. The topological polar surface area (TPSA) is 61.6 Å². The summed E-state index contributed by atoms with van der Waals surface area (Å²) in [7, 11) is 0. The van der Waals surface area contributed by atoms with Gasteiger partial charge in [-0.15, -0.1) is 5.10 Å². The van der Waals surface area contributed by atoms with E-state index < -0.39 is 0 Å². The molecule has 1 atom stereocenters. The van der Waals surface area contributed by atoms with Crippen molar-refractivity contribution in [1.82, 2.24) is 10.2 Å². The van der Waals surface area contributed by atoms with Crippen LogP contribution in [0.15, 0.2) is 12.3 Å². The molecule has 5 rings (SSSR count). The van der Waals surface area contributed by atoms with Crippen LogP contribution in [0.1, 0.15) is 51.0 Å². The molecule has 0 amide bonds. The third-order valence-electron chi connectivity index (χ3n) is 6.20. The number of rotatable bonds is 3. The zero-order valence-electron chi connectivity index (χ0n) is 12.5. The molecule has 4 heteroatoms. The fourth-order valence-corrected chi connectivity index (χ4v) is 5.59. The molecule has 1 heterocycles. The Morgan fingerprint density at radius 1 is 1.24 bits per heavy atom. The van der Waals surface area contributed by atoms with Crippen LogP contribution in [0, 0.1) is 34.5 Å². The first-order valence-electron chi connectivity index (χ1n) is 8.17. The standard InChI is InChI=1S/C17H22N4/c1-11(20-16-15(10-18)2-3-19-21-16)17-7-12-4-13(8-17)6-14(5-12)9-17/h2-3,11-14H,4-9H2,1H3,(H,20,21). The summed E-state index contributed by atoms with van der Waals surface area (Å²) in [5.74, 6) is 3.48. The number of hydrogen-bond acceptors (Lipinski definition) is 4. The van der Waals surface area contributed by atoms with E-state index >= 15 is 0 Å². The Bertz CT molecular complexity index is 553. The molecule has 4 nitrogen and oxygen atoms in total. The number of nitrogens with one attached hydrogen (secondary N) is 1. The largest absolute Gasteiger partial charge is 0.364 e. The fourth-order valence-electron chi connectivity index (χ4n) is 5.59. The SMILES string of the molecule is CC(Nc1nnccc1C#N)C12CC3CC(CC(C3)C1)C2. The highest BCUT2D eigenvalue weighted by atomic mass is 15.2. The van der Waals surface area contributed by atoms with Crippen LogP contribution < -0.4 is 5.32 Å². The summed E-state index contributed by atoms with van der Waals surface area (Å²) in [4.78, 5) is 0. The molecule has 4 saturated carbocycles. The molecule has 4 aliphatic carbocycles. The number of hydrogen-bond donors (Lipinski definition) is 1. The first kappa shape index (κ1) is 13.1. The average Bonchev–Trinajstić information content (AvgIpc) is 2.46. The van der Waals surface area contributed by atoms with E-state index in [0.29, 0.717) is 22.8 Å². The van der Waals surface area contributed by atoms with Crippen LogP contribution in [-0.2, 0) is 0 Å². The van der Waals surface area contributed by atoms with Crippen LogP contribution in [0.25, 0.3) is 0 Å². The maximum absolute atomic E-state index is 9.21. The van der Waals surface area contributed by atoms with Crippen molar-refractivity contribution in [3.05, 3.63) is 17.8 Å². The average molecular weight is 282 g/mol. The van der Waals surface area contributed by atoms with Crippen molar-refractivity contribution in [3.8, 4) is 6.07 Å². The van der Waals surface area contributed by atoms with E-state index in [4.69, 9.17) is 0 Å². The van der Waals surface area contributed by atoms with Gasteiger partial charge in [0.2, 0.25) is 0 Å². The van der Waals surface area contributed by atoms with Crippen molar-refractivity contribution < 1.29 is 0 Å². The van der Waals surface area contributed by atoms with Gasteiger partial charge in [0.25, 0.3) is 0 Å². The molecule has 1 unspecified atom stereocenters. The van der Waals surface area contributed by atoms with Crippen molar-refractivity contribution >= 4 is 5.82 Å². The Kier molecular flexibility index (Phi) is 2.92. The highest BCUT2D eigenvalue weighted by molar-refractivity contribution is 5.51. The lowest BCUT2D eigenvalue weighted by atomic mass is 9.48. The van der Waals surface area contributed by atoms with Crippen LogP contribution in [0.4, 0.5) is 5.82 Å². The van der Waals surface area contributed by atoms with Crippen molar-refractivity contribution in [2.45, 2.75) is 51.5 Å². The van der Waals surface area contributed by atoms with Gasteiger partial charge < -0.3 is 5.32 Å². The summed E-state index contributed by atoms with van der Waals surface area (Å²) < 4.78 is 0. The summed E-state index contributed by atoms with van der Waals surface area (Å²) in [6.45, 7) is 2.28. The van der Waals surface area contributed by atoms with E-state index in [0.717, 1.165) is 17.8 Å². The molecule has 0 saturated heterocycles. The van der Waals surface area contributed by atoms with Gasteiger partial charge in [-0.05, 0) is 74.7 Å². The summed E-state index contributed by atoms with van der Waals surface area (Å²) in [6, 6.07) is 4.32. The van der Waals surface area contributed by atoms with Crippen LogP contribution >= 0.6 is 0 Å². The molecule has 0 aliphatic heterocycles. The highest BCUT2D eigenvalue weighted by Crippen LogP contribution is 2.61. The van der Waals surface area contributed by atoms with Crippen LogP contribution in [0.2, 0.25) is 0 Å². The quantitative estimate of drug-likeness (QED) is 0.923. The minimum atomic E-state index is 0.370. The number of aromatic nitrogens is 2. The van der Waals surface area contributed by atoms with E-state index in [1.54, 1.807) is 12.3 Å². The second kappa shape index (κ2) is 4.69. The van der Waals surface area contributed by atoms with E-state index in [9.17, 15) is 5.26 Å². The molecule has 4 fully saturated rings. The zero-order valence-corrected chi connectivity index (χ0v) is 12.5. The van der Waals surface area contributed by atoms with E-state index in [1.165, 1.54) is 38.5 Å². The van der Waals surface area contributed by atoms with Crippen molar-refractivity contribution in [2.75, 3.05) is 5.32 Å². The molecular formula is C17H22N4. The minimum absolute atomic E-state index is 0.370. The molecule has 0 spiro atoms. The number of nitriles is 1. The third-order valence-corrected chi connectivity index (χ3v) is 6.20. The summed E-state index contributed by atoms with van der Waals surface area (Å²) >= 11 is 0. The second-order valence-electron chi connectivity index (χ2n) is 7.55. The Morgan fingerprint density at radius 2 is 1.86 bits per heavy atom. The third kappa shape index (κ3) is 2.10. The van der Waals surface area contributed by atoms with Crippen LogP contribution in [0.3, 0.4) is 0 Å². The second-order valence-corrected chi connectivity index (χ2v) is 7.55. The predicted octanol–water partition coefficient (Wildman–Crippen LogP) is 3.37. The lowest BCUT2D eigenvalue weighted by Gasteiger charge is -2.59. The van der Waals surface area contributed by atoms with E-state index in [2.05, 4.69) is 28.5 Å². The molecule has 4 aliphatic rings. The normalized spacial score (nSPS) is 38.0. The summed E-state index contributed by atoms with van der Waals surface area (Å²) in [6.07, 6.45) is 10.0. The van der Waals surface area contributed by atoms with Gasteiger partial charge in [0, 0.05) is 6.04 Å². The lowest BCUT2D eigenvalue weighted by Crippen LogP contribution is -2.53. The van der Waals surface area contributed by atoms with Crippen molar-refractivity contribution in [3.63, 3.8) is 0 Å². The van der Waals surface area contributed by atoms with E-state index in [1.807, 2.05) is 0 Å². The lowest BCUT2D eigenvalue weighted by molar-refractivity contribution is -0.0603. The van der Waals surface area contributed by atoms with Gasteiger partial charge in [0.05, 0.1) is 11.8 Å². The maximum Gasteiger partial charge on any atom is 0.166 e. The molecule has 110 valence electrons.